The summed E-state index contributed by atoms with van der Waals surface area (Å²) in [6.07, 6.45) is 8.78. The number of aromatic nitrogens is 2. The van der Waals surface area contributed by atoms with Crippen molar-refractivity contribution in [2.75, 3.05) is 30.4 Å². The number of H-pyrrole nitrogens is 1. The van der Waals surface area contributed by atoms with Crippen molar-refractivity contribution in [3.05, 3.63) is 18.5 Å². The second kappa shape index (κ2) is 7.61. The Bertz CT molecular complexity index is 810. The third-order valence-electron chi connectivity index (χ3n) is 5.20. The van der Waals surface area contributed by atoms with E-state index in [1.165, 1.54) is 7.05 Å². The van der Waals surface area contributed by atoms with Crippen LogP contribution in [0.25, 0.3) is 11.0 Å². The number of aromatic amines is 1. The fourth-order valence-electron chi connectivity index (χ4n) is 3.70. The van der Waals surface area contributed by atoms with Gasteiger partial charge in [0.1, 0.15) is 5.65 Å². The Hall–Kier alpha value is -1.80. The summed E-state index contributed by atoms with van der Waals surface area (Å²) >= 11 is 0. The highest BCUT2D eigenvalue weighted by molar-refractivity contribution is 7.89. The Morgan fingerprint density at radius 2 is 2.00 bits per heavy atom. The standard InChI is InChI=1S/C17H27N5O2S/c1-19-25(23,24)11-13-4-2-12(3-5-13)6-8-20-16-14-7-9-21-17(14)22-10-15(16)18/h7,9-10,12-13,19H,2-6,8,11,18H2,1H3,(H2,20,21,22). The lowest BCUT2D eigenvalue weighted by atomic mass is 9.81. The molecule has 7 nitrogen and oxygen atoms in total. The minimum Gasteiger partial charge on any atom is -0.396 e. The van der Waals surface area contributed by atoms with Crippen LogP contribution in [-0.4, -0.2) is 37.7 Å². The van der Waals surface area contributed by atoms with E-state index in [2.05, 4.69) is 20.0 Å². The Balaban J connectivity index is 1.47. The van der Waals surface area contributed by atoms with Gasteiger partial charge in [-0.05, 0) is 44.2 Å². The lowest BCUT2D eigenvalue weighted by Crippen LogP contribution is -2.29. The summed E-state index contributed by atoms with van der Waals surface area (Å²) in [4.78, 5) is 7.36. The highest BCUT2D eigenvalue weighted by Gasteiger charge is 2.24. The van der Waals surface area contributed by atoms with Gasteiger partial charge >= 0.3 is 0 Å². The molecule has 2 aromatic rings. The van der Waals surface area contributed by atoms with E-state index in [-0.39, 0.29) is 11.7 Å². The fourth-order valence-corrected chi connectivity index (χ4v) is 4.82. The van der Waals surface area contributed by atoms with Crippen LogP contribution in [-0.2, 0) is 10.0 Å². The van der Waals surface area contributed by atoms with E-state index in [0.29, 0.717) is 11.6 Å². The van der Waals surface area contributed by atoms with Gasteiger partial charge < -0.3 is 16.0 Å². The first kappa shape index (κ1) is 18.0. The van der Waals surface area contributed by atoms with E-state index in [1.54, 1.807) is 6.20 Å². The van der Waals surface area contributed by atoms with E-state index in [4.69, 9.17) is 5.73 Å². The van der Waals surface area contributed by atoms with Gasteiger partial charge in [-0.15, -0.1) is 0 Å². The van der Waals surface area contributed by atoms with Gasteiger partial charge in [0.2, 0.25) is 10.0 Å². The molecule has 5 N–H and O–H groups in total. The van der Waals surface area contributed by atoms with Crippen LogP contribution in [0.4, 0.5) is 11.4 Å². The number of fused-ring (bicyclic) bond motifs is 1. The summed E-state index contributed by atoms with van der Waals surface area (Å²) in [6.45, 7) is 0.860. The number of rotatable bonds is 7. The average Bonchev–Trinajstić information content (AvgIpc) is 3.07. The molecule has 0 bridgehead atoms. The number of anilines is 2. The molecule has 138 valence electrons. The van der Waals surface area contributed by atoms with Crippen LogP contribution in [0.3, 0.4) is 0 Å². The van der Waals surface area contributed by atoms with E-state index >= 15 is 0 Å². The van der Waals surface area contributed by atoms with Crippen molar-refractivity contribution in [2.45, 2.75) is 32.1 Å². The van der Waals surface area contributed by atoms with Crippen molar-refractivity contribution in [3.63, 3.8) is 0 Å². The van der Waals surface area contributed by atoms with E-state index in [1.807, 2.05) is 12.3 Å². The zero-order valence-electron chi connectivity index (χ0n) is 14.6. The molecule has 1 aliphatic rings. The molecule has 1 fully saturated rings. The maximum Gasteiger partial charge on any atom is 0.211 e. The Labute approximate surface area is 148 Å². The second-order valence-corrected chi connectivity index (χ2v) is 8.89. The molecule has 3 rings (SSSR count). The largest absolute Gasteiger partial charge is 0.396 e. The highest BCUT2D eigenvalue weighted by Crippen LogP contribution is 2.32. The maximum atomic E-state index is 11.7. The van der Waals surface area contributed by atoms with Gasteiger partial charge in [0, 0.05) is 18.1 Å². The van der Waals surface area contributed by atoms with Gasteiger partial charge in [-0.25, -0.2) is 18.1 Å². The molecule has 1 aliphatic carbocycles. The first-order valence-corrected chi connectivity index (χ1v) is 10.5. The molecule has 0 amide bonds. The molecule has 0 spiro atoms. The van der Waals surface area contributed by atoms with Gasteiger partial charge in [0.15, 0.2) is 0 Å². The summed E-state index contributed by atoms with van der Waals surface area (Å²) in [5.41, 5.74) is 8.49. The third kappa shape index (κ3) is 4.43. The fraction of sp³-hybridized carbons (Fsp3) is 0.588. The molecular formula is C17H27N5O2S. The van der Waals surface area contributed by atoms with Crippen LogP contribution < -0.4 is 15.8 Å². The summed E-state index contributed by atoms with van der Waals surface area (Å²) in [5.74, 6) is 1.19. The van der Waals surface area contributed by atoms with Gasteiger partial charge in [0.05, 0.1) is 23.3 Å². The molecule has 0 saturated heterocycles. The Morgan fingerprint density at radius 3 is 2.72 bits per heavy atom. The Morgan fingerprint density at radius 1 is 1.28 bits per heavy atom. The minimum atomic E-state index is -3.09. The zero-order valence-corrected chi connectivity index (χ0v) is 15.4. The zero-order chi connectivity index (χ0) is 17.9. The summed E-state index contributed by atoms with van der Waals surface area (Å²) < 4.78 is 25.7. The van der Waals surface area contributed by atoms with E-state index in [0.717, 1.165) is 55.4 Å². The van der Waals surface area contributed by atoms with Crippen molar-refractivity contribution in [3.8, 4) is 0 Å². The first-order valence-electron chi connectivity index (χ1n) is 8.85. The van der Waals surface area contributed by atoms with Gasteiger partial charge in [-0.3, -0.25) is 0 Å². The topological polar surface area (TPSA) is 113 Å². The molecule has 0 radical (unpaired) electrons. The molecule has 0 unspecified atom stereocenters. The number of hydrogen-bond donors (Lipinski definition) is 4. The third-order valence-corrected chi connectivity index (χ3v) is 6.73. The normalized spacial score (nSPS) is 21.5. The minimum absolute atomic E-state index is 0.257. The van der Waals surface area contributed by atoms with Gasteiger partial charge in [-0.1, -0.05) is 12.8 Å². The van der Waals surface area contributed by atoms with Crippen LogP contribution in [0.15, 0.2) is 18.5 Å². The van der Waals surface area contributed by atoms with Crippen LogP contribution in [0.5, 0.6) is 0 Å². The van der Waals surface area contributed by atoms with E-state index in [9.17, 15) is 8.42 Å². The monoisotopic (exact) mass is 365 g/mol. The maximum absolute atomic E-state index is 11.7. The molecule has 25 heavy (non-hydrogen) atoms. The van der Waals surface area contributed by atoms with Gasteiger partial charge in [0.25, 0.3) is 0 Å². The SMILES string of the molecule is CNS(=O)(=O)CC1CCC(CCNc2c(N)cnc3[nH]ccc23)CC1. The van der Waals surface area contributed by atoms with Crippen molar-refractivity contribution in [2.24, 2.45) is 11.8 Å². The number of pyridine rings is 1. The molecule has 8 heteroatoms. The van der Waals surface area contributed by atoms with Crippen LogP contribution >= 0.6 is 0 Å². The molecule has 1 saturated carbocycles. The van der Waals surface area contributed by atoms with Gasteiger partial charge in [-0.2, -0.15) is 0 Å². The lowest BCUT2D eigenvalue weighted by Gasteiger charge is -2.28. The number of sulfonamides is 1. The molecule has 0 atom stereocenters. The molecule has 0 aliphatic heterocycles. The van der Waals surface area contributed by atoms with Crippen molar-refractivity contribution in [1.29, 1.82) is 0 Å². The van der Waals surface area contributed by atoms with Crippen LogP contribution in [0.1, 0.15) is 32.1 Å². The predicted molar refractivity (Wildman–Crippen MR) is 102 cm³/mol. The summed E-state index contributed by atoms with van der Waals surface area (Å²) in [5, 5.41) is 4.47. The quantitative estimate of drug-likeness (QED) is 0.601. The molecular weight excluding hydrogens is 338 g/mol. The molecule has 2 heterocycles. The van der Waals surface area contributed by atoms with E-state index < -0.39 is 10.0 Å². The molecule has 2 aromatic heterocycles. The number of nitrogens with two attached hydrogens (primary N) is 1. The van der Waals surface area contributed by atoms with Crippen molar-refractivity contribution >= 4 is 32.4 Å². The number of nitrogen functional groups attached to an aromatic ring is 1. The Kier molecular flexibility index (Phi) is 5.48. The predicted octanol–water partition coefficient (Wildman–Crippen LogP) is 2.30. The van der Waals surface area contributed by atoms with Crippen LogP contribution in [0.2, 0.25) is 0 Å². The number of nitrogens with zero attached hydrogens (tertiary/aromatic N) is 1. The first-order chi connectivity index (χ1) is 12.0. The summed E-state index contributed by atoms with van der Waals surface area (Å²) in [7, 11) is -1.61. The highest BCUT2D eigenvalue weighted by atomic mass is 32.2. The molecule has 0 aromatic carbocycles. The lowest BCUT2D eigenvalue weighted by molar-refractivity contribution is 0.282. The van der Waals surface area contributed by atoms with Crippen molar-refractivity contribution < 1.29 is 8.42 Å². The summed E-state index contributed by atoms with van der Waals surface area (Å²) in [6, 6.07) is 1.98. The number of hydrogen-bond acceptors (Lipinski definition) is 5. The number of nitrogens with one attached hydrogen (secondary N) is 3. The second-order valence-electron chi connectivity index (χ2n) is 6.92. The smallest absolute Gasteiger partial charge is 0.211 e. The average molecular weight is 366 g/mol. The van der Waals surface area contributed by atoms with Crippen molar-refractivity contribution in [1.82, 2.24) is 14.7 Å². The van der Waals surface area contributed by atoms with Crippen LogP contribution in [0, 0.1) is 11.8 Å².